The summed E-state index contributed by atoms with van der Waals surface area (Å²) in [6.45, 7) is 5.19. The predicted octanol–water partition coefficient (Wildman–Crippen LogP) is 1.71. The molecule has 0 radical (unpaired) electrons. The number of carbonyl (C=O) groups is 1. The van der Waals surface area contributed by atoms with Gasteiger partial charge in [0.2, 0.25) is 0 Å². The number of benzene rings is 1. The van der Waals surface area contributed by atoms with Crippen molar-refractivity contribution < 1.29 is 13.2 Å². The molecule has 1 rings (SSSR count). The number of nitrogens with one attached hydrogen (secondary N) is 2. The number of sulfonamides is 1. The normalized spacial score (nSPS) is 12.0. The second kappa shape index (κ2) is 5.26. The molecule has 19 heavy (non-hydrogen) atoms. The molecule has 0 heterocycles. The molecule has 1 aromatic rings. The van der Waals surface area contributed by atoms with Crippen LogP contribution in [-0.2, 0) is 10.0 Å². The molecule has 1 aromatic carbocycles. The van der Waals surface area contributed by atoms with Crippen molar-refractivity contribution >= 4 is 33.3 Å². The van der Waals surface area contributed by atoms with Crippen molar-refractivity contribution in [1.29, 1.82) is 0 Å². The van der Waals surface area contributed by atoms with E-state index in [1.165, 1.54) is 18.2 Å². The standard InChI is InChI=1S/C11H16ClN3O3S/c1-11(2,3)14-10(16)15-19(17,18)9-6-7(13)4-5-8(9)12/h4-6H,13H2,1-3H3,(H2,14,15,16). The number of carbonyl (C=O) groups excluding carboxylic acids is 1. The van der Waals surface area contributed by atoms with Gasteiger partial charge in [-0.2, -0.15) is 0 Å². The van der Waals surface area contributed by atoms with E-state index in [0.717, 1.165) is 0 Å². The third-order valence-electron chi connectivity index (χ3n) is 1.96. The summed E-state index contributed by atoms with van der Waals surface area (Å²) in [4.78, 5) is 11.3. The molecule has 0 aromatic heterocycles. The van der Waals surface area contributed by atoms with Gasteiger partial charge < -0.3 is 11.1 Å². The summed E-state index contributed by atoms with van der Waals surface area (Å²) in [5, 5.41) is 2.47. The van der Waals surface area contributed by atoms with Gasteiger partial charge in [-0.3, -0.25) is 0 Å². The summed E-state index contributed by atoms with van der Waals surface area (Å²) in [5.74, 6) is 0. The fourth-order valence-corrected chi connectivity index (χ4v) is 2.71. The molecule has 106 valence electrons. The van der Waals surface area contributed by atoms with E-state index in [-0.39, 0.29) is 15.6 Å². The molecular formula is C11H16ClN3O3S. The minimum absolute atomic E-state index is 0.00902. The first kappa shape index (κ1) is 15.6. The first-order valence-electron chi connectivity index (χ1n) is 5.41. The van der Waals surface area contributed by atoms with E-state index in [9.17, 15) is 13.2 Å². The van der Waals surface area contributed by atoms with Crippen molar-refractivity contribution in [2.75, 3.05) is 5.73 Å². The zero-order valence-corrected chi connectivity index (χ0v) is 12.4. The van der Waals surface area contributed by atoms with E-state index in [4.69, 9.17) is 17.3 Å². The molecule has 0 aliphatic rings. The fraction of sp³-hybridized carbons (Fsp3) is 0.364. The third kappa shape index (κ3) is 4.60. The van der Waals surface area contributed by atoms with Gasteiger partial charge in [-0.15, -0.1) is 0 Å². The third-order valence-corrected chi connectivity index (χ3v) is 3.77. The highest BCUT2D eigenvalue weighted by molar-refractivity contribution is 7.90. The van der Waals surface area contributed by atoms with Crippen molar-refractivity contribution in [3.05, 3.63) is 23.2 Å². The van der Waals surface area contributed by atoms with Crippen LogP contribution >= 0.6 is 11.6 Å². The van der Waals surface area contributed by atoms with Crippen molar-refractivity contribution in [3.63, 3.8) is 0 Å². The summed E-state index contributed by atoms with van der Waals surface area (Å²) in [7, 11) is -4.06. The van der Waals surface area contributed by atoms with E-state index in [1.807, 2.05) is 4.72 Å². The molecule has 2 amide bonds. The Morgan fingerprint density at radius 1 is 1.32 bits per heavy atom. The zero-order chi connectivity index (χ0) is 14.8. The van der Waals surface area contributed by atoms with Crippen molar-refractivity contribution in [2.45, 2.75) is 31.2 Å². The number of urea groups is 1. The Morgan fingerprint density at radius 3 is 2.42 bits per heavy atom. The SMILES string of the molecule is CC(C)(C)NC(=O)NS(=O)(=O)c1cc(N)ccc1Cl. The fourth-order valence-electron chi connectivity index (χ4n) is 1.27. The summed E-state index contributed by atoms with van der Waals surface area (Å²) in [5.41, 5.74) is 5.19. The lowest BCUT2D eigenvalue weighted by molar-refractivity contribution is 0.237. The topological polar surface area (TPSA) is 101 Å². The van der Waals surface area contributed by atoms with Crippen molar-refractivity contribution in [1.82, 2.24) is 10.0 Å². The lowest BCUT2D eigenvalue weighted by Crippen LogP contribution is -2.48. The average molecular weight is 306 g/mol. The monoisotopic (exact) mass is 305 g/mol. The highest BCUT2D eigenvalue weighted by Crippen LogP contribution is 2.23. The molecule has 6 nitrogen and oxygen atoms in total. The van der Waals surface area contributed by atoms with Crippen LogP contribution in [0.15, 0.2) is 23.1 Å². The largest absolute Gasteiger partial charge is 0.399 e. The van der Waals surface area contributed by atoms with Crippen molar-refractivity contribution in [2.24, 2.45) is 0 Å². The Bertz CT molecular complexity index is 594. The lowest BCUT2D eigenvalue weighted by Gasteiger charge is -2.20. The maximum atomic E-state index is 12.0. The van der Waals surface area contributed by atoms with Crippen LogP contribution in [-0.4, -0.2) is 20.0 Å². The van der Waals surface area contributed by atoms with E-state index >= 15 is 0 Å². The van der Waals surface area contributed by atoms with Crippen LogP contribution in [0.3, 0.4) is 0 Å². The van der Waals surface area contributed by atoms with Gasteiger partial charge in [0.15, 0.2) is 0 Å². The first-order chi connectivity index (χ1) is 8.51. The van der Waals surface area contributed by atoms with Gasteiger partial charge in [0.1, 0.15) is 4.90 Å². The molecule has 0 spiro atoms. The number of anilines is 1. The minimum Gasteiger partial charge on any atom is -0.399 e. The smallest absolute Gasteiger partial charge is 0.329 e. The van der Waals surface area contributed by atoms with Gasteiger partial charge in [0.25, 0.3) is 10.0 Å². The van der Waals surface area contributed by atoms with Crippen LogP contribution < -0.4 is 15.8 Å². The van der Waals surface area contributed by atoms with Crippen LogP contribution in [0.1, 0.15) is 20.8 Å². The number of nitrogen functional groups attached to an aromatic ring is 1. The van der Waals surface area contributed by atoms with Crippen LogP contribution in [0, 0.1) is 0 Å². The van der Waals surface area contributed by atoms with Crippen molar-refractivity contribution in [3.8, 4) is 0 Å². The maximum Gasteiger partial charge on any atom is 0.329 e. The number of hydrogen-bond donors (Lipinski definition) is 3. The van der Waals surface area contributed by atoms with Crippen LogP contribution in [0.25, 0.3) is 0 Å². The van der Waals surface area contributed by atoms with Gasteiger partial charge in [0, 0.05) is 11.2 Å². The number of halogens is 1. The molecule has 8 heteroatoms. The molecule has 0 bridgehead atoms. The van der Waals surface area contributed by atoms with Crippen LogP contribution in [0.2, 0.25) is 5.02 Å². The summed E-state index contributed by atoms with van der Waals surface area (Å²) in [6, 6.07) is 3.18. The molecule has 0 unspecified atom stereocenters. The quantitative estimate of drug-likeness (QED) is 0.724. The van der Waals surface area contributed by atoms with Gasteiger partial charge in [-0.1, -0.05) is 11.6 Å². The first-order valence-corrected chi connectivity index (χ1v) is 7.27. The number of amides is 2. The molecule has 0 atom stereocenters. The highest BCUT2D eigenvalue weighted by Gasteiger charge is 2.23. The van der Waals surface area contributed by atoms with Gasteiger partial charge in [0.05, 0.1) is 5.02 Å². The number of rotatable bonds is 2. The molecule has 0 aliphatic carbocycles. The summed E-state index contributed by atoms with van der Waals surface area (Å²) >= 11 is 5.79. The predicted molar refractivity (Wildman–Crippen MR) is 74.5 cm³/mol. The second-order valence-corrected chi connectivity index (χ2v) is 7.06. The number of hydrogen-bond acceptors (Lipinski definition) is 4. The second-order valence-electron chi connectivity index (χ2n) is 5.00. The van der Waals surface area contributed by atoms with Gasteiger partial charge in [-0.25, -0.2) is 17.9 Å². The molecule has 0 saturated carbocycles. The Labute approximate surface area is 117 Å². The lowest BCUT2D eigenvalue weighted by atomic mass is 10.1. The van der Waals surface area contributed by atoms with E-state index in [0.29, 0.717) is 0 Å². The average Bonchev–Trinajstić information content (AvgIpc) is 2.17. The number of nitrogens with two attached hydrogens (primary N) is 1. The summed E-state index contributed by atoms with van der Waals surface area (Å²) < 4.78 is 25.9. The molecular weight excluding hydrogens is 290 g/mol. The molecule has 0 fully saturated rings. The highest BCUT2D eigenvalue weighted by atomic mass is 35.5. The van der Waals surface area contributed by atoms with Crippen LogP contribution in [0.4, 0.5) is 10.5 Å². The Kier molecular flexibility index (Phi) is 4.32. The van der Waals surface area contributed by atoms with E-state index < -0.39 is 21.6 Å². The van der Waals surface area contributed by atoms with E-state index in [1.54, 1.807) is 20.8 Å². The molecule has 0 saturated heterocycles. The Balaban J connectivity index is 2.99. The Hall–Kier alpha value is -1.47. The van der Waals surface area contributed by atoms with Crippen LogP contribution in [0.5, 0.6) is 0 Å². The van der Waals surface area contributed by atoms with Gasteiger partial charge >= 0.3 is 6.03 Å². The van der Waals surface area contributed by atoms with Gasteiger partial charge in [-0.05, 0) is 39.0 Å². The maximum absolute atomic E-state index is 12.0. The molecule has 0 aliphatic heterocycles. The van der Waals surface area contributed by atoms with E-state index in [2.05, 4.69) is 5.32 Å². The summed E-state index contributed by atoms with van der Waals surface area (Å²) in [6.07, 6.45) is 0. The Morgan fingerprint density at radius 2 is 1.89 bits per heavy atom. The molecule has 4 N–H and O–H groups in total. The zero-order valence-electron chi connectivity index (χ0n) is 10.8. The minimum atomic E-state index is -4.06.